The Labute approximate surface area is 155 Å². The summed E-state index contributed by atoms with van der Waals surface area (Å²) in [5.74, 6) is 0.0232. The maximum Gasteiger partial charge on any atom is 0.226 e. The Morgan fingerprint density at radius 1 is 1.04 bits per heavy atom. The molecule has 1 aliphatic rings. The average Bonchev–Trinajstić information content (AvgIpc) is 2.67. The first-order valence-corrected chi connectivity index (χ1v) is 9.17. The molecule has 0 unspecified atom stereocenters. The van der Waals surface area contributed by atoms with Crippen LogP contribution in [0.2, 0.25) is 0 Å². The fourth-order valence-electron chi connectivity index (χ4n) is 3.11. The third-order valence-corrected chi connectivity index (χ3v) is 4.80. The third kappa shape index (κ3) is 4.55. The molecule has 138 valence electrons. The van der Waals surface area contributed by atoms with Gasteiger partial charge in [-0.2, -0.15) is 0 Å². The molecule has 3 rings (SSSR count). The van der Waals surface area contributed by atoms with Crippen molar-refractivity contribution in [2.24, 2.45) is 0 Å². The summed E-state index contributed by atoms with van der Waals surface area (Å²) in [5, 5.41) is 6.42. The number of hydrogen-bond acceptors (Lipinski definition) is 4. The van der Waals surface area contributed by atoms with Crippen molar-refractivity contribution in [1.29, 1.82) is 0 Å². The van der Waals surface area contributed by atoms with E-state index in [0.29, 0.717) is 13.0 Å². The van der Waals surface area contributed by atoms with Crippen LogP contribution in [0.15, 0.2) is 42.5 Å². The third-order valence-electron chi connectivity index (χ3n) is 4.80. The first kappa shape index (κ1) is 18.3. The van der Waals surface area contributed by atoms with E-state index in [9.17, 15) is 4.79 Å². The second kappa shape index (κ2) is 8.72. The minimum absolute atomic E-state index is 0.0232. The van der Waals surface area contributed by atoms with Gasteiger partial charge in [-0.15, -0.1) is 0 Å². The molecular weight excluding hydrogens is 326 g/mol. The second-order valence-corrected chi connectivity index (χ2v) is 6.59. The van der Waals surface area contributed by atoms with Crippen LogP contribution < -0.4 is 15.5 Å². The zero-order valence-corrected chi connectivity index (χ0v) is 15.5. The van der Waals surface area contributed by atoms with E-state index < -0.39 is 0 Å². The standard InChI is InChI=1S/C21H27N3O2/c1-16-6-5-8-18(17(16)2)23-21(25)10-11-22-19-7-3-4-9-20(19)24-12-14-26-15-13-24/h3-9,22H,10-15H2,1-2H3,(H,23,25). The van der Waals surface area contributed by atoms with Gasteiger partial charge in [0.1, 0.15) is 0 Å². The van der Waals surface area contributed by atoms with Gasteiger partial charge in [-0.1, -0.05) is 24.3 Å². The lowest BCUT2D eigenvalue weighted by atomic mass is 10.1. The highest BCUT2D eigenvalue weighted by atomic mass is 16.5. The molecule has 2 N–H and O–H groups in total. The van der Waals surface area contributed by atoms with E-state index in [4.69, 9.17) is 4.74 Å². The Kier molecular flexibility index (Phi) is 6.12. The monoisotopic (exact) mass is 353 g/mol. The SMILES string of the molecule is Cc1cccc(NC(=O)CCNc2ccccc2N2CCOCC2)c1C. The van der Waals surface area contributed by atoms with Gasteiger partial charge < -0.3 is 20.3 Å². The topological polar surface area (TPSA) is 53.6 Å². The average molecular weight is 353 g/mol. The highest BCUT2D eigenvalue weighted by Gasteiger charge is 2.14. The summed E-state index contributed by atoms with van der Waals surface area (Å²) in [6.45, 7) is 7.98. The summed E-state index contributed by atoms with van der Waals surface area (Å²) >= 11 is 0. The van der Waals surface area contributed by atoms with E-state index in [0.717, 1.165) is 43.2 Å². The number of anilines is 3. The number of amides is 1. The van der Waals surface area contributed by atoms with E-state index in [1.807, 2.05) is 31.2 Å². The maximum absolute atomic E-state index is 12.3. The highest BCUT2D eigenvalue weighted by molar-refractivity contribution is 5.92. The number of rotatable bonds is 6. The normalized spacial score (nSPS) is 14.2. The molecule has 5 nitrogen and oxygen atoms in total. The molecule has 5 heteroatoms. The van der Waals surface area contributed by atoms with E-state index >= 15 is 0 Å². The number of hydrogen-bond donors (Lipinski definition) is 2. The Hall–Kier alpha value is -2.53. The van der Waals surface area contributed by atoms with Gasteiger partial charge in [0, 0.05) is 31.7 Å². The van der Waals surface area contributed by atoms with E-state index in [1.165, 1.54) is 11.3 Å². The van der Waals surface area contributed by atoms with Crippen LogP contribution in [-0.2, 0) is 9.53 Å². The zero-order valence-electron chi connectivity index (χ0n) is 15.5. The predicted octanol–water partition coefficient (Wildman–Crippen LogP) is 3.58. The number of para-hydroxylation sites is 2. The summed E-state index contributed by atoms with van der Waals surface area (Å²) < 4.78 is 5.43. The van der Waals surface area contributed by atoms with Crippen molar-refractivity contribution in [3.8, 4) is 0 Å². The number of ether oxygens (including phenoxy) is 1. The van der Waals surface area contributed by atoms with Crippen LogP contribution in [0.4, 0.5) is 17.1 Å². The number of nitrogens with one attached hydrogen (secondary N) is 2. The number of aryl methyl sites for hydroxylation is 1. The zero-order chi connectivity index (χ0) is 18.4. The lowest BCUT2D eigenvalue weighted by Crippen LogP contribution is -2.36. The van der Waals surface area contributed by atoms with Gasteiger partial charge in [-0.25, -0.2) is 0 Å². The molecule has 1 amide bonds. The minimum Gasteiger partial charge on any atom is -0.383 e. The van der Waals surface area contributed by atoms with E-state index in [1.54, 1.807) is 0 Å². The number of morpholine rings is 1. The number of carbonyl (C=O) groups excluding carboxylic acids is 1. The van der Waals surface area contributed by atoms with Crippen LogP contribution >= 0.6 is 0 Å². The lowest BCUT2D eigenvalue weighted by molar-refractivity contribution is -0.115. The molecular formula is C21H27N3O2. The molecule has 2 aromatic carbocycles. The second-order valence-electron chi connectivity index (χ2n) is 6.59. The largest absolute Gasteiger partial charge is 0.383 e. The lowest BCUT2D eigenvalue weighted by Gasteiger charge is -2.30. The van der Waals surface area contributed by atoms with Crippen molar-refractivity contribution in [2.45, 2.75) is 20.3 Å². The molecule has 0 aromatic heterocycles. The molecule has 1 heterocycles. The summed E-state index contributed by atoms with van der Waals surface area (Å²) in [4.78, 5) is 14.6. The molecule has 0 bridgehead atoms. The first-order valence-electron chi connectivity index (χ1n) is 9.17. The quantitative estimate of drug-likeness (QED) is 0.833. The van der Waals surface area contributed by atoms with E-state index in [-0.39, 0.29) is 5.91 Å². The van der Waals surface area contributed by atoms with Gasteiger partial charge >= 0.3 is 0 Å². The van der Waals surface area contributed by atoms with Crippen LogP contribution in [0.5, 0.6) is 0 Å². The van der Waals surface area contributed by atoms with Crippen LogP contribution in [0, 0.1) is 13.8 Å². The van der Waals surface area contributed by atoms with E-state index in [2.05, 4.69) is 40.7 Å². The Morgan fingerprint density at radius 2 is 1.77 bits per heavy atom. The Balaban J connectivity index is 1.55. The van der Waals surface area contributed by atoms with Gasteiger partial charge in [0.25, 0.3) is 0 Å². The molecule has 2 aromatic rings. The predicted molar refractivity (Wildman–Crippen MR) is 107 cm³/mol. The molecule has 1 aliphatic heterocycles. The molecule has 1 fully saturated rings. The number of carbonyl (C=O) groups is 1. The molecule has 0 saturated carbocycles. The summed E-state index contributed by atoms with van der Waals surface area (Å²) in [6.07, 6.45) is 0.421. The highest BCUT2D eigenvalue weighted by Crippen LogP contribution is 2.26. The molecule has 0 atom stereocenters. The van der Waals surface area contributed by atoms with Crippen molar-refractivity contribution < 1.29 is 9.53 Å². The van der Waals surface area contributed by atoms with Crippen LogP contribution in [0.3, 0.4) is 0 Å². The van der Waals surface area contributed by atoms with Gasteiger partial charge in [-0.3, -0.25) is 4.79 Å². The smallest absolute Gasteiger partial charge is 0.226 e. The van der Waals surface area contributed by atoms with Crippen molar-refractivity contribution in [1.82, 2.24) is 0 Å². The van der Waals surface area contributed by atoms with Crippen molar-refractivity contribution >= 4 is 23.0 Å². The molecule has 0 spiro atoms. The van der Waals surface area contributed by atoms with Crippen LogP contribution in [0.25, 0.3) is 0 Å². The minimum atomic E-state index is 0.0232. The Morgan fingerprint density at radius 3 is 2.58 bits per heavy atom. The van der Waals surface area contributed by atoms with Crippen molar-refractivity contribution in [2.75, 3.05) is 48.4 Å². The van der Waals surface area contributed by atoms with Gasteiger partial charge in [0.2, 0.25) is 5.91 Å². The van der Waals surface area contributed by atoms with Gasteiger partial charge in [0.15, 0.2) is 0 Å². The van der Waals surface area contributed by atoms with Gasteiger partial charge in [-0.05, 0) is 43.2 Å². The fourth-order valence-corrected chi connectivity index (χ4v) is 3.11. The summed E-state index contributed by atoms with van der Waals surface area (Å²) in [5.41, 5.74) is 5.43. The first-order chi connectivity index (χ1) is 12.6. The molecule has 1 saturated heterocycles. The Bertz CT molecular complexity index is 755. The van der Waals surface area contributed by atoms with Gasteiger partial charge in [0.05, 0.1) is 24.6 Å². The molecule has 0 radical (unpaired) electrons. The van der Waals surface area contributed by atoms with Crippen molar-refractivity contribution in [3.63, 3.8) is 0 Å². The molecule has 0 aliphatic carbocycles. The number of benzene rings is 2. The summed E-state index contributed by atoms with van der Waals surface area (Å²) in [7, 11) is 0. The van der Waals surface area contributed by atoms with Crippen LogP contribution in [-0.4, -0.2) is 38.8 Å². The number of nitrogens with zero attached hydrogens (tertiary/aromatic N) is 1. The maximum atomic E-state index is 12.3. The van der Waals surface area contributed by atoms with Crippen molar-refractivity contribution in [3.05, 3.63) is 53.6 Å². The summed E-state index contributed by atoms with van der Waals surface area (Å²) in [6, 6.07) is 14.2. The molecule has 26 heavy (non-hydrogen) atoms. The van der Waals surface area contributed by atoms with Crippen LogP contribution in [0.1, 0.15) is 17.5 Å². The fraction of sp³-hybridized carbons (Fsp3) is 0.381.